The molecule has 0 aromatic rings. The summed E-state index contributed by atoms with van der Waals surface area (Å²) in [5.41, 5.74) is 1.39. The fraction of sp³-hybridized carbons (Fsp3) is 0.750. The Morgan fingerprint density at radius 2 is 1.89 bits per heavy atom. The molecule has 0 aliphatic carbocycles. The zero-order valence-electron chi connectivity index (χ0n) is 6.66. The second-order valence-corrected chi connectivity index (χ2v) is 5.35. The monoisotopic (exact) mass is 190 g/mol. The molecule has 0 unspecified atom stereocenters. The van der Waals surface area contributed by atoms with Crippen molar-refractivity contribution in [2.75, 3.05) is 0 Å². The molecule has 0 aliphatic rings. The summed E-state index contributed by atoms with van der Waals surface area (Å²) in [6.45, 7) is 8.59. The van der Waals surface area contributed by atoms with Crippen LogP contribution in [0.1, 0.15) is 34.1 Å². The minimum absolute atomic E-state index is 0.268. The third-order valence-corrected chi connectivity index (χ3v) is 1.32. The standard InChI is InChI=1S/C8H15Br/c1-7(2)5-6-8(3,4)9/h5H,6H2,1-4H3. The lowest BCUT2D eigenvalue weighted by Gasteiger charge is -2.12. The number of alkyl halides is 1. The third kappa shape index (κ3) is 8.22. The van der Waals surface area contributed by atoms with E-state index in [0.717, 1.165) is 6.42 Å². The van der Waals surface area contributed by atoms with Gasteiger partial charge < -0.3 is 0 Å². The Kier molecular flexibility index (Phi) is 3.49. The second-order valence-electron chi connectivity index (χ2n) is 3.20. The van der Waals surface area contributed by atoms with Crippen molar-refractivity contribution >= 4 is 15.9 Å². The lowest BCUT2D eigenvalue weighted by molar-refractivity contribution is 0.740. The normalized spacial score (nSPS) is 11.2. The molecular weight excluding hydrogens is 176 g/mol. The Morgan fingerprint density at radius 1 is 1.44 bits per heavy atom. The second kappa shape index (κ2) is 3.40. The van der Waals surface area contributed by atoms with E-state index >= 15 is 0 Å². The van der Waals surface area contributed by atoms with Gasteiger partial charge in [0.25, 0.3) is 0 Å². The van der Waals surface area contributed by atoms with Crippen LogP contribution in [0.25, 0.3) is 0 Å². The lowest BCUT2D eigenvalue weighted by atomic mass is 10.1. The summed E-state index contributed by atoms with van der Waals surface area (Å²) in [5.74, 6) is 0. The highest BCUT2D eigenvalue weighted by Gasteiger charge is 2.08. The van der Waals surface area contributed by atoms with E-state index in [9.17, 15) is 0 Å². The minimum Gasteiger partial charge on any atom is -0.0856 e. The van der Waals surface area contributed by atoms with Crippen molar-refractivity contribution in [3.8, 4) is 0 Å². The fourth-order valence-corrected chi connectivity index (χ4v) is 0.609. The van der Waals surface area contributed by atoms with Gasteiger partial charge in [-0.25, -0.2) is 0 Å². The van der Waals surface area contributed by atoms with Crippen molar-refractivity contribution < 1.29 is 0 Å². The van der Waals surface area contributed by atoms with Gasteiger partial charge in [-0.2, -0.15) is 0 Å². The number of allylic oxidation sites excluding steroid dienone is 2. The van der Waals surface area contributed by atoms with Gasteiger partial charge in [-0.15, -0.1) is 0 Å². The minimum atomic E-state index is 0.268. The Labute approximate surface area is 66.5 Å². The van der Waals surface area contributed by atoms with Gasteiger partial charge in [0.05, 0.1) is 0 Å². The summed E-state index contributed by atoms with van der Waals surface area (Å²) in [6, 6.07) is 0. The van der Waals surface area contributed by atoms with Crippen molar-refractivity contribution in [3.05, 3.63) is 11.6 Å². The van der Waals surface area contributed by atoms with Gasteiger partial charge >= 0.3 is 0 Å². The van der Waals surface area contributed by atoms with Gasteiger partial charge in [-0.1, -0.05) is 27.6 Å². The summed E-state index contributed by atoms with van der Waals surface area (Å²) < 4.78 is 0.268. The Bertz CT molecular complexity index is 102. The number of hydrogen-bond donors (Lipinski definition) is 0. The van der Waals surface area contributed by atoms with Gasteiger partial charge in [-0.05, 0) is 34.1 Å². The maximum absolute atomic E-state index is 3.56. The van der Waals surface area contributed by atoms with E-state index in [1.165, 1.54) is 5.57 Å². The maximum Gasteiger partial charge on any atom is 0.0236 e. The molecule has 0 aliphatic heterocycles. The largest absolute Gasteiger partial charge is 0.0856 e. The zero-order valence-corrected chi connectivity index (χ0v) is 8.25. The SMILES string of the molecule is CC(C)=CCC(C)(C)Br. The average molecular weight is 191 g/mol. The van der Waals surface area contributed by atoms with Gasteiger partial charge in [0.15, 0.2) is 0 Å². The number of hydrogen-bond acceptors (Lipinski definition) is 0. The molecule has 0 radical (unpaired) electrons. The van der Waals surface area contributed by atoms with Gasteiger partial charge in [0.1, 0.15) is 0 Å². The van der Waals surface area contributed by atoms with Crippen LogP contribution in [0.2, 0.25) is 0 Å². The molecular formula is C8H15Br. The lowest BCUT2D eigenvalue weighted by Crippen LogP contribution is -2.06. The van der Waals surface area contributed by atoms with E-state index in [4.69, 9.17) is 0 Å². The van der Waals surface area contributed by atoms with Crippen LogP contribution >= 0.6 is 15.9 Å². The first-order valence-electron chi connectivity index (χ1n) is 3.24. The van der Waals surface area contributed by atoms with Crippen molar-refractivity contribution in [3.63, 3.8) is 0 Å². The summed E-state index contributed by atoms with van der Waals surface area (Å²) in [6.07, 6.45) is 3.35. The molecule has 0 saturated heterocycles. The van der Waals surface area contributed by atoms with Crippen molar-refractivity contribution in [1.29, 1.82) is 0 Å². The maximum atomic E-state index is 3.56. The van der Waals surface area contributed by atoms with Crippen molar-refractivity contribution in [1.82, 2.24) is 0 Å². The molecule has 0 saturated carbocycles. The predicted octanol–water partition coefficient (Wildman–Crippen LogP) is 3.52. The summed E-state index contributed by atoms with van der Waals surface area (Å²) in [7, 11) is 0. The van der Waals surface area contributed by atoms with E-state index in [-0.39, 0.29) is 4.32 Å². The smallest absolute Gasteiger partial charge is 0.0236 e. The summed E-state index contributed by atoms with van der Waals surface area (Å²) in [4.78, 5) is 0. The first-order chi connectivity index (χ1) is 3.92. The zero-order chi connectivity index (χ0) is 7.49. The van der Waals surface area contributed by atoms with Gasteiger partial charge in [0, 0.05) is 4.32 Å². The summed E-state index contributed by atoms with van der Waals surface area (Å²) >= 11 is 3.56. The first-order valence-corrected chi connectivity index (χ1v) is 4.03. The number of rotatable bonds is 2. The molecule has 0 atom stereocenters. The van der Waals surface area contributed by atoms with Crippen LogP contribution in [0.4, 0.5) is 0 Å². The van der Waals surface area contributed by atoms with Crippen LogP contribution in [0.15, 0.2) is 11.6 Å². The van der Waals surface area contributed by atoms with Crippen LogP contribution < -0.4 is 0 Å². The van der Waals surface area contributed by atoms with Crippen LogP contribution in [-0.4, -0.2) is 4.32 Å². The molecule has 54 valence electrons. The average Bonchev–Trinajstić information content (AvgIpc) is 1.59. The highest BCUT2D eigenvalue weighted by Crippen LogP contribution is 2.21. The molecule has 1 heteroatoms. The predicted molar refractivity (Wildman–Crippen MR) is 47.1 cm³/mol. The van der Waals surface area contributed by atoms with Crippen LogP contribution in [0.5, 0.6) is 0 Å². The highest BCUT2D eigenvalue weighted by molar-refractivity contribution is 9.10. The van der Waals surface area contributed by atoms with E-state index in [2.05, 4.69) is 49.7 Å². The third-order valence-electron chi connectivity index (χ3n) is 0.996. The van der Waals surface area contributed by atoms with E-state index in [1.54, 1.807) is 0 Å². The van der Waals surface area contributed by atoms with Gasteiger partial charge in [-0.3, -0.25) is 0 Å². The molecule has 0 aromatic heterocycles. The molecule has 0 heterocycles. The van der Waals surface area contributed by atoms with Crippen molar-refractivity contribution in [2.24, 2.45) is 0 Å². The van der Waals surface area contributed by atoms with E-state index < -0.39 is 0 Å². The molecule has 0 amide bonds. The highest BCUT2D eigenvalue weighted by atomic mass is 79.9. The van der Waals surface area contributed by atoms with E-state index in [1.807, 2.05) is 0 Å². The van der Waals surface area contributed by atoms with Crippen LogP contribution in [0, 0.1) is 0 Å². The Morgan fingerprint density at radius 3 is 2.00 bits per heavy atom. The molecule has 0 spiro atoms. The molecule has 0 bridgehead atoms. The summed E-state index contributed by atoms with van der Waals surface area (Å²) in [5, 5.41) is 0. The fourth-order valence-electron chi connectivity index (χ4n) is 0.447. The Hall–Kier alpha value is 0.220. The quantitative estimate of drug-likeness (QED) is 0.462. The number of halogens is 1. The molecule has 0 N–H and O–H groups in total. The molecule has 9 heavy (non-hydrogen) atoms. The van der Waals surface area contributed by atoms with Crippen molar-refractivity contribution in [2.45, 2.75) is 38.4 Å². The first kappa shape index (κ1) is 9.22. The molecule has 0 rings (SSSR count). The Balaban J connectivity index is 3.64. The molecule has 0 aromatic carbocycles. The van der Waals surface area contributed by atoms with Crippen LogP contribution in [0.3, 0.4) is 0 Å². The van der Waals surface area contributed by atoms with E-state index in [0.29, 0.717) is 0 Å². The van der Waals surface area contributed by atoms with Crippen LogP contribution in [-0.2, 0) is 0 Å². The topological polar surface area (TPSA) is 0 Å². The van der Waals surface area contributed by atoms with Gasteiger partial charge in [0.2, 0.25) is 0 Å². The molecule has 0 nitrogen and oxygen atoms in total. The molecule has 0 fully saturated rings.